The van der Waals surface area contributed by atoms with Crippen molar-refractivity contribution in [2.24, 2.45) is 5.84 Å². The number of halogens is 1. The molecule has 5 nitrogen and oxygen atoms in total. The molecule has 0 radical (unpaired) electrons. The van der Waals surface area contributed by atoms with Crippen LogP contribution in [0.4, 0.5) is 0 Å². The molecule has 0 spiro atoms. The maximum Gasteiger partial charge on any atom is 0.329 e. The number of ether oxygens (including phenoxy) is 1. The Morgan fingerprint density at radius 3 is 2.94 bits per heavy atom. The van der Waals surface area contributed by atoms with Crippen LogP contribution >= 0.6 is 11.6 Å². The summed E-state index contributed by atoms with van der Waals surface area (Å²) < 4.78 is 5.39. The topological polar surface area (TPSA) is 73.6 Å². The minimum atomic E-state index is -0.475. The minimum absolute atomic E-state index is 0.119. The number of carbonyl (C=O) groups excluding carboxylic acids is 1. The fraction of sp³-hybridized carbons (Fsp3) is 0.364. The van der Waals surface area contributed by atoms with Gasteiger partial charge in [0.15, 0.2) is 0 Å². The van der Waals surface area contributed by atoms with E-state index in [4.69, 9.17) is 22.2 Å². The summed E-state index contributed by atoms with van der Waals surface area (Å²) in [5.41, 5.74) is 2.83. The van der Waals surface area contributed by atoms with Gasteiger partial charge in [-0.05, 0) is 30.2 Å². The van der Waals surface area contributed by atoms with Crippen LogP contribution in [0.5, 0.6) is 5.75 Å². The average molecular weight is 259 g/mol. The summed E-state index contributed by atoms with van der Waals surface area (Å²) in [4.78, 5) is 15.3. The molecule has 1 aromatic rings. The van der Waals surface area contributed by atoms with Crippen molar-refractivity contribution in [3.63, 3.8) is 0 Å². The van der Waals surface area contributed by atoms with Gasteiger partial charge in [-0.3, -0.25) is 4.79 Å². The zero-order valence-corrected chi connectivity index (χ0v) is 10.3. The molecule has 0 amide bonds. The Morgan fingerprint density at radius 1 is 1.53 bits per heavy atom. The number of rotatable bonds is 6. The third-order valence-electron chi connectivity index (χ3n) is 2.15. The van der Waals surface area contributed by atoms with Crippen LogP contribution in [0.25, 0.3) is 0 Å². The summed E-state index contributed by atoms with van der Waals surface area (Å²) in [7, 11) is 0. The van der Waals surface area contributed by atoms with Crippen LogP contribution in [0.3, 0.4) is 0 Å². The predicted molar refractivity (Wildman–Crippen MR) is 64.4 cm³/mol. The fourth-order valence-electron chi connectivity index (χ4n) is 1.28. The minimum Gasteiger partial charge on any atom is -0.493 e. The number of aryl methyl sites for hydroxylation is 1. The van der Waals surface area contributed by atoms with E-state index in [9.17, 15) is 4.79 Å². The molecule has 0 bridgehead atoms. The molecule has 1 aromatic carbocycles. The number of carbonyl (C=O) groups is 1. The lowest BCUT2D eigenvalue weighted by molar-refractivity contribution is -0.151. The van der Waals surface area contributed by atoms with E-state index in [0.717, 1.165) is 12.0 Å². The van der Waals surface area contributed by atoms with Crippen molar-refractivity contribution in [1.29, 1.82) is 0 Å². The molecule has 1 rings (SSSR count). The zero-order valence-electron chi connectivity index (χ0n) is 9.53. The number of hydrogen-bond acceptors (Lipinski definition) is 5. The third-order valence-corrected chi connectivity index (χ3v) is 2.51. The van der Waals surface area contributed by atoms with Gasteiger partial charge in [0.1, 0.15) is 5.75 Å². The highest BCUT2D eigenvalue weighted by atomic mass is 35.5. The molecule has 0 saturated carbocycles. The zero-order chi connectivity index (χ0) is 12.7. The van der Waals surface area contributed by atoms with Crippen molar-refractivity contribution in [2.75, 3.05) is 6.61 Å². The molecule has 0 aliphatic rings. The molecule has 0 unspecified atom stereocenters. The monoisotopic (exact) mass is 258 g/mol. The van der Waals surface area contributed by atoms with Crippen molar-refractivity contribution >= 4 is 17.6 Å². The largest absolute Gasteiger partial charge is 0.493 e. The smallest absolute Gasteiger partial charge is 0.329 e. The van der Waals surface area contributed by atoms with E-state index in [1.54, 1.807) is 12.1 Å². The van der Waals surface area contributed by atoms with Crippen molar-refractivity contribution in [1.82, 2.24) is 5.59 Å². The first kappa shape index (κ1) is 13.8. The Bertz CT molecular complexity index is 385. The van der Waals surface area contributed by atoms with E-state index in [2.05, 4.69) is 4.84 Å². The summed E-state index contributed by atoms with van der Waals surface area (Å²) in [6.07, 6.45) is 0.948. The first-order chi connectivity index (χ1) is 8.17. The Labute approximate surface area is 105 Å². The molecular formula is C11H15ClN2O3. The van der Waals surface area contributed by atoms with Gasteiger partial charge in [-0.2, -0.15) is 0 Å². The second-order valence-corrected chi connectivity index (χ2v) is 3.70. The molecule has 0 saturated heterocycles. The van der Waals surface area contributed by atoms with Crippen molar-refractivity contribution in [2.45, 2.75) is 19.8 Å². The summed E-state index contributed by atoms with van der Waals surface area (Å²) in [5, 5.41) is 0.714. The van der Waals surface area contributed by atoms with Crippen LogP contribution in [-0.2, 0) is 16.1 Å². The molecule has 0 fully saturated rings. The highest BCUT2D eigenvalue weighted by molar-refractivity contribution is 6.31. The number of nitrogens with one attached hydrogen (secondary N) is 1. The molecule has 0 aliphatic heterocycles. The number of nitrogens with two attached hydrogens (primary N) is 1. The van der Waals surface area contributed by atoms with Crippen molar-refractivity contribution in [3.8, 4) is 5.75 Å². The highest BCUT2D eigenvalue weighted by Crippen LogP contribution is 2.22. The lowest BCUT2D eigenvalue weighted by atomic mass is 10.1. The molecule has 17 heavy (non-hydrogen) atoms. The van der Waals surface area contributed by atoms with Crippen LogP contribution in [0.15, 0.2) is 18.2 Å². The maximum atomic E-state index is 10.9. The van der Waals surface area contributed by atoms with Gasteiger partial charge in [0.05, 0.1) is 13.0 Å². The van der Waals surface area contributed by atoms with E-state index in [1.165, 1.54) is 0 Å². The quantitative estimate of drug-likeness (QED) is 0.599. The van der Waals surface area contributed by atoms with Gasteiger partial charge < -0.3 is 9.57 Å². The van der Waals surface area contributed by atoms with Gasteiger partial charge >= 0.3 is 5.97 Å². The van der Waals surface area contributed by atoms with E-state index >= 15 is 0 Å². The summed E-state index contributed by atoms with van der Waals surface area (Å²) in [6.45, 7) is 2.24. The Morgan fingerprint density at radius 2 is 2.29 bits per heavy atom. The SMILES string of the molecule is CCc1cc(OCCC(=O)ONN)ccc1Cl. The molecule has 0 aromatic heterocycles. The van der Waals surface area contributed by atoms with Gasteiger partial charge in [0, 0.05) is 5.02 Å². The Balaban J connectivity index is 2.44. The van der Waals surface area contributed by atoms with Crippen LogP contribution in [-0.4, -0.2) is 12.6 Å². The summed E-state index contributed by atoms with van der Waals surface area (Å²) in [6, 6.07) is 5.39. The Hall–Kier alpha value is -1.30. The molecule has 94 valence electrons. The summed E-state index contributed by atoms with van der Waals surface area (Å²) >= 11 is 5.97. The molecular weight excluding hydrogens is 244 g/mol. The standard InChI is InChI=1S/C11H15ClN2O3/c1-2-8-7-9(3-4-10(8)12)16-6-5-11(15)17-14-13/h3-4,7,14H,2,5-6,13H2,1H3. The van der Waals surface area contributed by atoms with Gasteiger partial charge in [-0.1, -0.05) is 24.1 Å². The molecule has 0 aliphatic carbocycles. The van der Waals surface area contributed by atoms with Crippen molar-refractivity contribution in [3.05, 3.63) is 28.8 Å². The lowest BCUT2D eigenvalue weighted by Gasteiger charge is -2.08. The molecule has 6 heteroatoms. The van der Waals surface area contributed by atoms with E-state index in [0.29, 0.717) is 10.8 Å². The van der Waals surface area contributed by atoms with Crippen molar-refractivity contribution < 1.29 is 14.4 Å². The first-order valence-electron chi connectivity index (χ1n) is 5.24. The maximum absolute atomic E-state index is 10.9. The fourth-order valence-corrected chi connectivity index (χ4v) is 1.53. The Kier molecular flexibility index (Phi) is 5.76. The summed E-state index contributed by atoms with van der Waals surface area (Å²) in [5.74, 6) is 5.02. The van der Waals surface area contributed by atoms with Crippen LogP contribution < -0.4 is 16.2 Å². The van der Waals surface area contributed by atoms with Gasteiger partial charge in [-0.15, -0.1) is 0 Å². The first-order valence-corrected chi connectivity index (χ1v) is 5.61. The number of benzene rings is 1. The number of hydrogen-bond donors (Lipinski definition) is 2. The molecule has 0 atom stereocenters. The van der Waals surface area contributed by atoms with Gasteiger partial charge in [-0.25, -0.2) is 5.84 Å². The third kappa shape index (κ3) is 4.60. The normalized spacial score (nSPS) is 10.1. The average Bonchev–Trinajstić information content (AvgIpc) is 2.31. The van der Waals surface area contributed by atoms with Gasteiger partial charge in [0.2, 0.25) is 0 Å². The van der Waals surface area contributed by atoms with Gasteiger partial charge in [0.25, 0.3) is 0 Å². The van der Waals surface area contributed by atoms with Crippen LogP contribution in [0.2, 0.25) is 5.02 Å². The highest BCUT2D eigenvalue weighted by Gasteiger charge is 2.04. The predicted octanol–water partition coefficient (Wildman–Crippen LogP) is 1.59. The second-order valence-electron chi connectivity index (χ2n) is 3.30. The van der Waals surface area contributed by atoms with E-state index in [-0.39, 0.29) is 13.0 Å². The second kappa shape index (κ2) is 7.11. The molecule has 3 N–H and O–H groups in total. The van der Waals surface area contributed by atoms with E-state index in [1.807, 2.05) is 18.6 Å². The van der Waals surface area contributed by atoms with Crippen LogP contribution in [0, 0.1) is 0 Å². The lowest BCUT2D eigenvalue weighted by Crippen LogP contribution is -2.26. The van der Waals surface area contributed by atoms with Crippen LogP contribution in [0.1, 0.15) is 18.9 Å². The van der Waals surface area contributed by atoms with E-state index < -0.39 is 5.97 Å². The molecule has 0 heterocycles. The number of hydrazine groups is 1.